The number of halogens is 1. The lowest BCUT2D eigenvalue weighted by atomic mass is 9.91. The Morgan fingerprint density at radius 3 is 2.52 bits per heavy atom. The molecule has 4 rings (SSSR count). The van der Waals surface area contributed by atoms with Gasteiger partial charge in [-0.3, -0.25) is 0 Å². The standard InChI is InChI=1S/C18H23FN2O3.C8H10O/c1-17(2,10-22)16-6-11-5-14(20)13(19)7-15(11)21(16)8-12-9-23-18(3,4)24-12;1-9-7-8-5-3-2-4-6-8/h5-7,10,12H,8-9,20H2,1-4H3;2-6H,7H2,1H3. The Balaban J connectivity index is 0.000000286. The molecule has 1 atom stereocenters. The summed E-state index contributed by atoms with van der Waals surface area (Å²) in [7, 11) is 1.70. The van der Waals surface area contributed by atoms with E-state index < -0.39 is 17.0 Å². The molecule has 6 nitrogen and oxygen atoms in total. The molecule has 2 N–H and O–H groups in total. The van der Waals surface area contributed by atoms with E-state index in [0.717, 1.165) is 17.4 Å². The molecule has 1 saturated heterocycles. The molecule has 1 aliphatic rings. The Labute approximate surface area is 194 Å². The largest absolute Gasteiger partial charge is 0.396 e. The molecule has 2 heterocycles. The summed E-state index contributed by atoms with van der Waals surface area (Å²) in [6.45, 7) is 9.02. The topological polar surface area (TPSA) is 75.7 Å². The van der Waals surface area contributed by atoms with E-state index >= 15 is 0 Å². The van der Waals surface area contributed by atoms with Gasteiger partial charge in [0.2, 0.25) is 0 Å². The van der Waals surface area contributed by atoms with Crippen molar-refractivity contribution in [2.24, 2.45) is 0 Å². The maximum Gasteiger partial charge on any atom is 0.163 e. The monoisotopic (exact) mass is 456 g/mol. The average Bonchev–Trinajstić information content (AvgIpc) is 3.30. The van der Waals surface area contributed by atoms with Gasteiger partial charge in [0.1, 0.15) is 18.2 Å². The molecule has 1 aromatic heterocycles. The Kier molecular flexibility index (Phi) is 7.57. The number of aldehydes is 1. The lowest BCUT2D eigenvalue weighted by Gasteiger charge is -2.23. The summed E-state index contributed by atoms with van der Waals surface area (Å²) in [6.07, 6.45) is 0.727. The van der Waals surface area contributed by atoms with Gasteiger partial charge in [-0.15, -0.1) is 0 Å². The number of aromatic nitrogens is 1. The van der Waals surface area contributed by atoms with Crippen LogP contribution in [-0.2, 0) is 37.6 Å². The molecular weight excluding hydrogens is 423 g/mol. The predicted molar refractivity (Wildman–Crippen MR) is 127 cm³/mol. The van der Waals surface area contributed by atoms with Crippen LogP contribution >= 0.6 is 0 Å². The minimum atomic E-state index is -0.709. The number of benzene rings is 2. The Morgan fingerprint density at radius 1 is 1.24 bits per heavy atom. The van der Waals surface area contributed by atoms with Crippen molar-refractivity contribution in [3.8, 4) is 0 Å². The number of nitrogen functional groups attached to an aromatic ring is 1. The summed E-state index contributed by atoms with van der Waals surface area (Å²) in [4.78, 5) is 11.6. The van der Waals surface area contributed by atoms with Gasteiger partial charge in [-0.2, -0.15) is 0 Å². The lowest BCUT2D eigenvalue weighted by molar-refractivity contribution is -0.139. The number of carbonyl (C=O) groups is 1. The zero-order chi connectivity index (χ0) is 24.2. The fraction of sp³-hybridized carbons (Fsp3) is 0.423. The van der Waals surface area contributed by atoms with Crippen LogP contribution in [0.15, 0.2) is 48.5 Å². The second kappa shape index (κ2) is 10.0. The third-order valence-corrected chi connectivity index (χ3v) is 5.58. The minimum absolute atomic E-state index is 0.0942. The van der Waals surface area contributed by atoms with E-state index in [1.807, 2.05) is 68.7 Å². The number of nitrogens with two attached hydrogens (primary N) is 1. The predicted octanol–water partition coefficient (Wildman–Crippen LogP) is 4.82. The van der Waals surface area contributed by atoms with E-state index in [1.165, 1.54) is 11.6 Å². The quantitative estimate of drug-likeness (QED) is 0.425. The van der Waals surface area contributed by atoms with Crippen molar-refractivity contribution in [1.82, 2.24) is 4.57 Å². The minimum Gasteiger partial charge on any atom is -0.396 e. The van der Waals surface area contributed by atoms with Crippen molar-refractivity contribution in [3.63, 3.8) is 0 Å². The van der Waals surface area contributed by atoms with Gasteiger partial charge >= 0.3 is 0 Å². The van der Waals surface area contributed by atoms with Crippen LogP contribution in [0.25, 0.3) is 10.9 Å². The number of hydrogen-bond donors (Lipinski definition) is 1. The summed E-state index contributed by atoms with van der Waals surface area (Å²) in [5, 5.41) is 0.803. The molecule has 178 valence electrons. The zero-order valence-electron chi connectivity index (χ0n) is 19.9. The van der Waals surface area contributed by atoms with Crippen LogP contribution in [0.5, 0.6) is 0 Å². The second-order valence-electron chi connectivity index (χ2n) is 9.28. The van der Waals surface area contributed by atoms with E-state index in [4.69, 9.17) is 19.9 Å². The van der Waals surface area contributed by atoms with Crippen LogP contribution in [0.1, 0.15) is 39.0 Å². The van der Waals surface area contributed by atoms with E-state index in [9.17, 15) is 9.18 Å². The van der Waals surface area contributed by atoms with Gasteiger partial charge in [0.05, 0.1) is 36.4 Å². The van der Waals surface area contributed by atoms with Crippen molar-refractivity contribution in [2.45, 2.75) is 58.2 Å². The molecule has 1 unspecified atom stereocenters. The molecule has 7 heteroatoms. The van der Waals surface area contributed by atoms with Crippen LogP contribution < -0.4 is 5.73 Å². The molecule has 0 aliphatic carbocycles. The van der Waals surface area contributed by atoms with Crippen molar-refractivity contribution in [2.75, 3.05) is 19.5 Å². The SMILES string of the molecule is CC1(C)OCC(Cn2c(C(C)(C)C=O)cc3cc(N)c(F)cc32)O1.COCc1ccccc1. The Morgan fingerprint density at radius 2 is 1.94 bits per heavy atom. The van der Waals surface area contributed by atoms with Gasteiger partial charge in [-0.25, -0.2) is 4.39 Å². The van der Waals surface area contributed by atoms with Crippen molar-refractivity contribution in [1.29, 1.82) is 0 Å². The molecule has 2 aromatic carbocycles. The molecule has 0 spiro atoms. The first-order valence-electron chi connectivity index (χ1n) is 11.0. The molecule has 0 saturated carbocycles. The van der Waals surface area contributed by atoms with Crippen LogP contribution in [0, 0.1) is 5.82 Å². The van der Waals surface area contributed by atoms with E-state index in [-0.39, 0.29) is 11.8 Å². The van der Waals surface area contributed by atoms with Gasteiger partial charge in [-0.1, -0.05) is 30.3 Å². The van der Waals surface area contributed by atoms with Crippen LogP contribution in [0.2, 0.25) is 0 Å². The Bertz CT molecular complexity index is 1090. The van der Waals surface area contributed by atoms with Gasteiger partial charge in [0.25, 0.3) is 0 Å². The summed E-state index contributed by atoms with van der Waals surface area (Å²) >= 11 is 0. The summed E-state index contributed by atoms with van der Waals surface area (Å²) in [5.74, 6) is -1.11. The molecule has 0 radical (unpaired) electrons. The van der Waals surface area contributed by atoms with Crippen molar-refractivity contribution >= 4 is 22.9 Å². The second-order valence-corrected chi connectivity index (χ2v) is 9.28. The highest BCUT2D eigenvalue weighted by Crippen LogP contribution is 2.33. The number of carbonyl (C=O) groups excluding carboxylic acids is 1. The molecular formula is C26H33FN2O4. The van der Waals surface area contributed by atoms with E-state index in [1.54, 1.807) is 13.2 Å². The first kappa shape index (κ1) is 24.9. The third-order valence-electron chi connectivity index (χ3n) is 5.58. The molecule has 1 fully saturated rings. The maximum atomic E-state index is 14.0. The number of fused-ring (bicyclic) bond motifs is 1. The molecule has 0 amide bonds. The smallest absolute Gasteiger partial charge is 0.163 e. The van der Waals surface area contributed by atoms with Gasteiger partial charge in [0.15, 0.2) is 5.79 Å². The van der Waals surface area contributed by atoms with Gasteiger partial charge < -0.3 is 29.3 Å². The Hall–Kier alpha value is -2.74. The zero-order valence-corrected chi connectivity index (χ0v) is 19.9. The highest BCUT2D eigenvalue weighted by Gasteiger charge is 2.34. The number of anilines is 1. The fourth-order valence-corrected chi connectivity index (χ4v) is 3.89. The molecule has 1 aliphatic heterocycles. The highest BCUT2D eigenvalue weighted by atomic mass is 19.1. The van der Waals surface area contributed by atoms with E-state index in [2.05, 4.69) is 0 Å². The average molecular weight is 457 g/mol. The lowest BCUT2D eigenvalue weighted by Crippen LogP contribution is -2.28. The van der Waals surface area contributed by atoms with Crippen molar-refractivity contribution < 1.29 is 23.4 Å². The third kappa shape index (κ3) is 5.99. The van der Waals surface area contributed by atoms with Crippen LogP contribution in [0.4, 0.5) is 10.1 Å². The molecule has 0 bridgehead atoms. The first-order chi connectivity index (χ1) is 15.6. The number of nitrogens with zero attached hydrogens (tertiary/aromatic N) is 1. The normalized spacial score (nSPS) is 17.6. The first-order valence-corrected chi connectivity index (χ1v) is 11.0. The summed E-state index contributed by atoms with van der Waals surface area (Å²) in [6, 6.07) is 15.0. The van der Waals surface area contributed by atoms with Crippen molar-refractivity contribution in [3.05, 3.63) is 65.6 Å². The number of methoxy groups -OCH3 is 1. The summed E-state index contributed by atoms with van der Waals surface area (Å²) < 4.78 is 32.3. The number of hydrogen-bond acceptors (Lipinski definition) is 5. The van der Waals surface area contributed by atoms with Gasteiger partial charge in [0, 0.05) is 24.3 Å². The summed E-state index contributed by atoms with van der Waals surface area (Å²) in [5.41, 5.74) is 7.79. The van der Waals surface area contributed by atoms with Crippen LogP contribution in [-0.4, -0.2) is 36.5 Å². The fourth-order valence-electron chi connectivity index (χ4n) is 3.89. The molecule has 33 heavy (non-hydrogen) atoms. The van der Waals surface area contributed by atoms with E-state index in [0.29, 0.717) is 25.3 Å². The van der Waals surface area contributed by atoms with Crippen LogP contribution in [0.3, 0.4) is 0 Å². The van der Waals surface area contributed by atoms with Gasteiger partial charge in [-0.05, 0) is 45.4 Å². The number of ether oxygens (including phenoxy) is 3. The highest BCUT2D eigenvalue weighted by molar-refractivity contribution is 5.86. The number of rotatable bonds is 6. The maximum absolute atomic E-state index is 14.0. The molecule has 3 aromatic rings.